The lowest BCUT2D eigenvalue weighted by Gasteiger charge is -2.22. The minimum atomic E-state index is -0.511. The van der Waals surface area contributed by atoms with Gasteiger partial charge >= 0.3 is 0 Å². The van der Waals surface area contributed by atoms with Crippen LogP contribution in [0.4, 0.5) is 5.69 Å². The monoisotopic (exact) mass is 224 g/mol. The van der Waals surface area contributed by atoms with Crippen molar-refractivity contribution in [3.05, 3.63) is 24.0 Å². The smallest absolute Gasteiger partial charge is 0.0931 e. The zero-order valence-corrected chi connectivity index (χ0v) is 10.2. The first-order valence-electron chi connectivity index (χ1n) is 5.57. The van der Waals surface area contributed by atoms with E-state index in [4.69, 9.17) is 4.74 Å². The quantitative estimate of drug-likeness (QED) is 0.797. The SMILES string of the molecule is CCN(CCOC)c1ccc(C(C)O)nc1. The van der Waals surface area contributed by atoms with Gasteiger partial charge in [0.25, 0.3) is 0 Å². The van der Waals surface area contributed by atoms with E-state index in [1.54, 1.807) is 20.2 Å². The summed E-state index contributed by atoms with van der Waals surface area (Å²) in [4.78, 5) is 6.41. The van der Waals surface area contributed by atoms with E-state index in [1.165, 1.54) is 0 Å². The maximum atomic E-state index is 9.36. The number of methoxy groups -OCH3 is 1. The molecule has 0 aliphatic rings. The molecule has 0 spiro atoms. The molecule has 1 aromatic rings. The van der Waals surface area contributed by atoms with Crippen molar-refractivity contribution in [2.24, 2.45) is 0 Å². The van der Waals surface area contributed by atoms with Crippen molar-refractivity contribution in [1.29, 1.82) is 0 Å². The number of aliphatic hydroxyl groups excluding tert-OH is 1. The summed E-state index contributed by atoms with van der Waals surface area (Å²) in [5.41, 5.74) is 1.76. The summed E-state index contributed by atoms with van der Waals surface area (Å²) < 4.78 is 5.06. The number of aromatic nitrogens is 1. The molecule has 16 heavy (non-hydrogen) atoms. The topological polar surface area (TPSA) is 45.6 Å². The van der Waals surface area contributed by atoms with Gasteiger partial charge in [0.2, 0.25) is 0 Å². The van der Waals surface area contributed by atoms with Crippen LogP contribution in [0.25, 0.3) is 0 Å². The lowest BCUT2D eigenvalue weighted by molar-refractivity contribution is 0.194. The molecule has 0 saturated heterocycles. The third-order valence-corrected chi connectivity index (χ3v) is 2.51. The van der Waals surface area contributed by atoms with Crippen LogP contribution in [0.1, 0.15) is 25.6 Å². The summed E-state index contributed by atoms with van der Waals surface area (Å²) >= 11 is 0. The van der Waals surface area contributed by atoms with Gasteiger partial charge in [0, 0.05) is 20.2 Å². The van der Waals surface area contributed by atoms with Crippen molar-refractivity contribution < 1.29 is 9.84 Å². The summed E-state index contributed by atoms with van der Waals surface area (Å²) in [5, 5.41) is 9.36. The van der Waals surface area contributed by atoms with Crippen molar-refractivity contribution in [2.75, 3.05) is 31.7 Å². The lowest BCUT2D eigenvalue weighted by atomic mass is 10.2. The van der Waals surface area contributed by atoms with Crippen LogP contribution in [0.5, 0.6) is 0 Å². The fourth-order valence-electron chi connectivity index (χ4n) is 1.50. The Kier molecular flexibility index (Phi) is 5.22. The van der Waals surface area contributed by atoms with Crippen LogP contribution in [-0.2, 0) is 4.74 Å². The van der Waals surface area contributed by atoms with Crippen LogP contribution in [0.2, 0.25) is 0 Å². The molecule has 1 N–H and O–H groups in total. The van der Waals surface area contributed by atoms with Crippen molar-refractivity contribution >= 4 is 5.69 Å². The molecule has 0 radical (unpaired) electrons. The molecule has 0 aliphatic carbocycles. The number of pyridine rings is 1. The molecular formula is C12H20N2O2. The Morgan fingerprint density at radius 3 is 2.69 bits per heavy atom. The first-order chi connectivity index (χ1) is 7.69. The van der Waals surface area contributed by atoms with Gasteiger partial charge in [-0.3, -0.25) is 4.98 Å². The number of ether oxygens (including phenoxy) is 1. The molecule has 1 rings (SSSR count). The van der Waals surface area contributed by atoms with Gasteiger partial charge in [-0.1, -0.05) is 0 Å². The number of nitrogens with zero attached hydrogens (tertiary/aromatic N) is 2. The van der Waals surface area contributed by atoms with E-state index in [2.05, 4.69) is 16.8 Å². The molecule has 0 aromatic carbocycles. The molecule has 4 heteroatoms. The predicted octanol–water partition coefficient (Wildman–Crippen LogP) is 1.61. The van der Waals surface area contributed by atoms with E-state index in [-0.39, 0.29) is 0 Å². The normalized spacial score (nSPS) is 12.5. The number of hydrogen-bond donors (Lipinski definition) is 1. The molecule has 1 heterocycles. The van der Waals surface area contributed by atoms with Crippen molar-refractivity contribution in [2.45, 2.75) is 20.0 Å². The van der Waals surface area contributed by atoms with Gasteiger partial charge in [0.05, 0.1) is 30.3 Å². The molecule has 4 nitrogen and oxygen atoms in total. The Bertz CT molecular complexity index is 298. The minimum Gasteiger partial charge on any atom is -0.387 e. The van der Waals surface area contributed by atoms with Crippen LogP contribution in [0.15, 0.2) is 18.3 Å². The van der Waals surface area contributed by atoms with Crippen LogP contribution >= 0.6 is 0 Å². The van der Waals surface area contributed by atoms with Gasteiger partial charge in [-0.05, 0) is 26.0 Å². The van der Waals surface area contributed by atoms with Gasteiger partial charge < -0.3 is 14.7 Å². The fraction of sp³-hybridized carbons (Fsp3) is 0.583. The van der Waals surface area contributed by atoms with Crippen LogP contribution in [0, 0.1) is 0 Å². The average Bonchev–Trinajstić information content (AvgIpc) is 2.30. The molecule has 0 bridgehead atoms. The first-order valence-corrected chi connectivity index (χ1v) is 5.57. The van der Waals surface area contributed by atoms with E-state index in [0.717, 1.165) is 18.8 Å². The Balaban J connectivity index is 2.70. The number of likely N-dealkylation sites (N-methyl/N-ethyl adjacent to an activating group) is 1. The first kappa shape index (κ1) is 12.9. The molecule has 0 aliphatic heterocycles. The third-order valence-electron chi connectivity index (χ3n) is 2.51. The predicted molar refractivity (Wildman–Crippen MR) is 64.6 cm³/mol. The fourth-order valence-corrected chi connectivity index (χ4v) is 1.50. The van der Waals surface area contributed by atoms with Gasteiger partial charge in [-0.2, -0.15) is 0 Å². The standard InChI is InChI=1S/C12H20N2O2/c1-4-14(7-8-16-3)11-5-6-12(10(2)15)13-9-11/h5-6,9-10,15H,4,7-8H2,1-3H3. The maximum Gasteiger partial charge on any atom is 0.0931 e. The van der Waals surface area contributed by atoms with Crippen LogP contribution in [-0.4, -0.2) is 36.9 Å². The molecule has 0 fully saturated rings. The van der Waals surface area contributed by atoms with Crippen molar-refractivity contribution in [3.63, 3.8) is 0 Å². The van der Waals surface area contributed by atoms with E-state index < -0.39 is 6.10 Å². The number of aliphatic hydroxyl groups is 1. The maximum absolute atomic E-state index is 9.36. The molecule has 1 atom stereocenters. The minimum absolute atomic E-state index is 0.511. The highest BCUT2D eigenvalue weighted by Gasteiger charge is 2.06. The second-order valence-electron chi connectivity index (χ2n) is 3.69. The molecule has 90 valence electrons. The van der Waals surface area contributed by atoms with Gasteiger partial charge in [0.1, 0.15) is 0 Å². The second-order valence-corrected chi connectivity index (χ2v) is 3.69. The van der Waals surface area contributed by atoms with E-state index >= 15 is 0 Å². The van der Waals surface area contributed by atoms with Crippen LogP contribution in [0.3, 0.4) is 0 Å². The number of anilines is 1. The zero-order chi connectivity index (χ0) is 12.0. The molecule has 0 saturated carbocycles. The Hall–Kier alpha value is -1.13. The van der Waals surface area contributed by atoms with E-state index in [1.807, 2.05) is 12.1 Å². The highest BCUT2D eigenvalue weighted by molar-refractivity contribution is 5.44. The molecular weight excluding hydrogens is 204 g/mol. The highest BCUT2D eigenvalue weighted by Crippen LogP contribution is 2.15. The average molecular weight is 224 g/mol. The summed E-state index contributed by atoms with van der Waals surface area (Å²) in [6, 6.07) is 3.84. The van der Waals surface area contributed by atoms with Crippen molar-refractivity contribution in [3.8, 4) is 0 Å². The summed E-state index contributed by atoms with van der Waals surface area (Å²) in [6.07, 6.45) is 1.28. The Labute approximate surface area is 96.9 Å². The van der Waals surface area contributed by atoms with E-state index in [0.29, 0.717) is 12.3 Å². The van der Waals surface area contributed by atoms with Gasteiger partial charge in [-0.15, -0.1) is 0 Å². The van der Waals surface area contributed by atoms with Gasteiger partial charge in [0.15, 0.2) is 0 Å². The third kappa shape index (κ3) is 3.47. The lowest BCUT2D eigenvalue weighted by Crippen LogP contribution is -2.26. The summed E-state index contributed by atoms with van der Waals surface area (Å²) in [7, 11) is 1.70. The largest absolute Gasteiger partial charge is 0.387 e. The highest BCUT2D eigenvalue weighted by atomic mass is 16.5. The number of rotatable bonds is 6. The zero-order valence-electron chi connectivity index (χ0n) is 10.2. The Morgan fingerprint density at radius 2 is 2.25 bits per heavy atom. The van der Waals surface area contributed by atoms with Gasteiger partial charge in [-0.25, -0.2) is 0 Å². The molecule has 1 aromatic heterocycles. The molecule has 0 amide bonds. The summed E-state index contributed by atoms with van der Waals surface area (Å²) in [5.74, 6) is 0. The van der Waals surface area contributed by atoms with Crippen LogP contribution < -0.4 is 4.90 Å². The Morgan fingerprint density at radius 1 is 1.50 bits per heavy atom. The second kappa shape index (κ2) is 6.45. The van der Waals surface area contributed by atoms with Crippen molar-refractivity contribution in [1.82, 2.24) is 4.98 Å². The summed E-state index contributed by atoms with van der Waals surface area (Å²) in [6.45, 7) is 6.27. The molecule has 1 unspecified atom stereocenters. The number of hydrogen-bond acceptors (Lipinski definition) is 4. The van der Waals surface area contributed by atoms with E-state index in [9.17, 15) is 5.11 Å².